The van der Waals surface area contributed by atoms with Crippen LogP contribution in [0.15, 0.2) is 41.0 Å². The average Bonchev–Trinajstić information content (AvgIpc) is 2.84. The van der Waals surface area contributed by atoms with Crippen molar-refractivity contribution in [2.75, 3.05) is 6.54 Å². The Bertz CT molecular complexity index is 505. The van der Waals surface area contributed by atoms with E-state index in [4.69, 9.17) is 9.15 Å². The molecule has 1 heterocycles. The minimum atomic E-state index is 0.545. The fourth-order valence-electron chi connectivity index (χ4n) is 1.90. The largest absolute Gasteiger partial charge is 0.489 e. The van der Waals surface area contributed by atoms with Gasteiger partial charge in [-0.1, -0.05) is 19.1 Å². The molecule has 2 aromatic rings. The van der Waals surface area contributed by atoms with E-state index in [2.05, 4.69) is 25.2 Å². The zero-order chi connectivity index (χ0) is 13.5. The number of hydrogen-bond donors (Lipinski definition) is 1. The Kier molecular flexibility index (Phi) is 5.04. The molecule has 0 saturated carbocycles. The van der Waals surface area contributed by atoms with Crippen LogP contribution in [0, 0.1) is 6.92 Å². The Balaban J connectivity index is 1.90. The summed E-state index contributed by atoms with van der Waals surface area (Å²) >= 11 is 0. The Hall–Kier alpha value is -1.74. The van der Waals surface area contributed by atoms with E-state index >= 15 is 0 Å². The SMILES string of the molecule is CCCNCc1occc1COc1cccc(C)c1. The van der Waals surface area contributed by atoms with Crippen molar-refractivity contribution in [1.29, 1.82) is 0 Å². The molecule has 0 amide bonds. The molecular formula is C16H21NO2. The second-order valence-corrected chi connectivity index (χ2v) is 4.65. The van der Waals surface area contributed by atoms with Gasteiger partial charge in [0.15, 0.2) is 0 Å². The van der Waals surface area contributed by atoms with Crippen LogP contribution < -0.4 is 10.1 Å². The van der Waals surface area contributed by atoms with E-state index in [0.29, 0.717) is 6.61 Å². The molecule has 2 rings (SSSR count). The van der Waals surface area contributed by atoms with Gasteiger partial charge in [0.1, 0.15) is 18.1 Å². The molecule has 0 unspecified atom stereocenters. The van der Waals surface area contributed by atoms with Crippen molar-refractivity contribution in [2.24, 2.45) is 0 Å². The summed E-state index contributed by atoms with van der Waals surface area (Å²) in [7, 11) is 0. The molecule has 0 fully saturated rings. The predicted molar refractivity (Wildman–Crippen MR) is 76.2 cm³/mol. The summed E-state index contributed by atoms with van der Waals surface area (Å²) in [6, 6.07) is 10.0. The van der Waals surface area contributed by atoms with E-state index in [-0.39, 0.29) is 0 Å². The smallest absolute Gasteiger partial charge is 0.124 e. The van der Waals surface area contributed by atoms with Crippen LogP contribution in [0.1, 0.15) is 30.2 Å². The molecule has 1 aromatic carbocycles. The molecule has 3 heteroatoms. The van der Waals surface area contributed by atoms with Gasteiger partial charge in [-0.05, 0) is 43.7 Å². The number of ether oxygens (including phenoxy) is 1. The van der Waals surface area contributed by atoms with Crippen molar-refractivity contribution < 1.29 is 9.15 Å². The van der Waals surface area contributed by atoms with E-state index in [1.165, 1.54) is 5.56 Å². The lowest BCUT2D eigenvalue weighted by Gasteiger charge is -2.07. The first-order valence-corrected chi connectivity index (χ1v) is 6.75. The van der Waals surface area contributed by atoms with Crippen LogP contribution in [0.4, 0.5) is 0 Å². The van der Waals surface area contributed by atoms with Gasteiger partial charge in [0.2, 0.25) is 0 Å². The summed E-state index contributed by atoms with van der Waals surface area (Å²) < 4.78 is 11.3. The Labute approximate surface area is 114 Å². The first kappa shape index (κ1) is 13.7. The third-order valence-corrected chi connectivity index (χ3v) is 2.93. The quantitative estimate of drug-likeness (QED) is 0.770. The number of nitrogens with one attached hydrogen (secondary N) is 1. The second kappa shape index (κ2) is 7.00. The molecule has 102 valence electrons. The molecule has 0 aliphatic rings. The zero-order valence-corrected chi connectivity index (χ0v) is 11.6. The van der Waals surface area contributed by atoms with Gasteiger partial charge in [0.05, 0.1) is 12.8 Å². The number of aryl methyl sites for hydroxylation is 1. The van der Waals surface area contributed by atoms with Crippen LogP contribution in [0.5, 0.6) is 5.75 Å². The number of rotatable bonds is 7. The van der Waals surface area contributed by atoms with Gasteiger partial charge in [0.25, 0.3) is 0 Å². The van der Waals surface area contributed by atoms with E-state index < -0.39 is 0 Å². The van der Waals surface area contributed by atoms with E-state index in [0.717, 1.165) is 36.6 Å². The molecule has 0 radical (unpaired) electrons. The van der Waals surface area contributed by atoms with Crippen LogP contribution >= 0.6 is 0 Å². The maximum absolute atomic E-state index is 5.79. The van der Waals surface area contributed by atoms with Crippen LogP contribution in [-0.2, 0) is 13.2 Å². The lowest BCUT2D eigenvalue weighted by Crippen LogP contribution is -2.14. The van der Waals surface area contributed by atoms with Gasteiger partial charge in [-0.2, -0.15) is 0 Å². The van der Waals surface area contributed by atoms with Gasteiger partial charge in [0, 0.05) is 5.56 Å². The third kappa shape index (κ3) is 4.14. The fourth-order valence-corrected chi connectivity index (χ4v) is 1.90. The second-order valence-electron chi connectivity index (χ2n) is 4.65. The van der Waals surface area contributed by atoms with Crippen molar-refractivity contribution in [3.05, 3.63) is 53.5 Å². The zero-order valence-electron chi connectivity index (χ0n) is 11.6. The van der Waals surface area contributed by atoms with Crippen LogP contribution in [-0.4, -0.2) is 6.54 Å². The topological polar surface area (TPSA) is 34.4 Å². The standard InChI is InChI=1S/C16H21NO2/c1-3-8-17-11-16-14(7-9-18-16)12-19-15-6-4-5-13(2)10-15/h4-7,9-10,17H,3,8,11-12H2,1-2H3. The van der Waals surface area contributed by atoms with Gasteiger partial charge in [-0.25, -0.2) is 0 Å². The van der Waals surface area contributed by atoms with Gasteiger partial charge < -0.3 is 14.5 Å². The Morgan fingerprint density at radius 3 is 2.95 bits per heavy atom. The van der Waals surface area contributed by atoms with E-state index in [9.17, 15) is 0 Å². The summed E-state index contributed by atoms with van der Waals surface area (Å²) in [5.41, 5.74) is 2.31. The summed E-state index contributed by atoms with van der Waals surface area (Å²) in [6.45, 7) is 6.51. The van der Waals surface area contributed by atoms with Crippen molar-refractivity contribution in [3.63, 3.8) is 0 Å². The highest BCUT2D eigenvalue weighted by Crippen LogP contribution is 2.17. The third-order valence-electron chi connectivity index (χ3n) is 2.93. The maximum Gasteiger partial charge on any atom is 0.124 e. The number of hydrogen-bond acceptors (Lipinski definition) is 3. The summed E-state index contributed by atoms with van der Waals surface area (Å²) in [5, 5.41) is 3.34. The predicted octanol–water partition coefficient (Wildman–Crippen LogP) is 3.67. The van der Waals surface area contributed by atoms with Gasteiger partial charge in [-0.15, -0.1) is 0 Å². The fraction of sp³-hybridized carbons (Fsp3) is 0.375. The normalized spacial score (nSPS) is 10.6. The molecule has 0 spiro atoms. The number of benzene rings is 1. The number of furan rings is 1. The van der Waals surface area contributed by atoms with E-state index in [1.54, 1.807) is 6.26 Å². The monoisotopic (exact) mass is 259 g/mol. The summed E-state index contributed by atoms with van der Waals surface area (Å²) in [4.78, 5) is 0. The first-order chi connectivity index (χ1) is 9.29. The first-order valence-electron chi connectivity index (χ1n) is 6.75. The minimum Gasteiger partial charge on any atom is -0.489 e. The van der Waals surface area contributed by atoms with Crippen LogP contribution in [0.2, 0.25) is 0 Å². The van der Waals surface area contributed by atoms with Crippen LogP contribution in [0.25, 0.3) is 0 Å². The lowest BCUT2D eigenvalue weighted by molar-refractivity contribution is 0.301. The van der Waals surface area contributed by atoms with Gasteiger partial charge >= 0.3 is 0 Å². The molecule has 0 bridgehead atoms. The minimum absolute atomic E-state index is 0.545. The molecule has 0 saturated heterocycles. The van der Waals surface area contributed by atoms with Crippen molar-refractivity contribution >= 4 is 0 Å². The Morgan fingerprint density at radius 1 is 1.26 bits per heavy atom. The van der Waals surface area contributed by atoms with E-state index in [1.807, 2.05) is 24.3 Å². The van der Waals surface area contributed by atoms with Crippen molar-refractivity contribution in [2.45, 2.75) is 33.4 Å². The highest BCUT2D eigenvalue weighted by Gasteiger charge is 2.06. The van der Waals surface area contributed by atoms with Crippen molar-refractivity contribution in [1.82, 2.24) is 5.32 Å². The molecular weight excluding hydrogens is 238 g/mol. The molecule has 19 heavy (non-hydrogen) atoms. The molecule has 3 nitrogen and oxygen atoms in total. The highest BCUT2D eigenvalue weighted by atomic mass is 16.5. The van der Waals surface area contributed by atoms with Crippen molar-refractivity contribution in [3.8, 4) is 5.75 Å². The Morgan fingerprint density at radius 2 is 2.16 bits per heavy atom. The molecule has 1 aromatic heterocycles. The molecule has 0 atom stereocenters. The lowest BCUT2D eigenvalue weighted by atomic mass is 10.2. The molecule has 1 N–H and O–H groups in total. The van der Waals surface area contributed by atoms with Crippen LogP contribution in [0.3, 0.4) is 0 Å². The molecule has 0 aliphatic heterocycles. The average molecular weight is 259 g/mol. The summed E-state index contributed by atoms with van der Waals surface area (Å²) in [5.74, 6) is 1.86. The highest BCUT2D eigenvalue weighted by molar-refractivity contribution is 5.28. The van der Waals surface area contributed by atoms with Gasteiger partial charge in [-0.3, -0.25) is 0 Å². The molecule has 0 aliphatic carbocycles. The summed E-state index contributed by atoms with van der Waals surface area (Å²) in [6.07, 6.45) is 2.84. The maximum atomic E-state index is 5.79.